The lowest BCUT2D eigenvalue weighted by molar-refractivity contribution is -0.137. The Kier molecular flexibility index (Phi) is 5.35. The molecule has 7 heteroatoms. The summed E-state index contributed by atoms with van der Waals surface area (Å²) in [6, 6.07) is 5.67. The first-order valence-electron chi connectivity index (χ1n) is 7.24. The minimum absolute atomic E-state index is 0.0646. The van der Waals surface area contributed by atoms with Gasteiger partial charge < -0.3 is 20.4 Å². The number of nitrogens with one attached hydrogen (secondary N) is 3. The van der Waals surface area contributed by atoms with E-state index in [-0.39, 0.29) is 18.0 Å². The fourth-order valence-electron chi connectivity index (χ4n) is 2.24. The van der Waals surface area contributed by atoms with Crippen LogP contribution in [0.3, 0.4) is 0 Å². The molecule has 1 aromatic carbocycles. The molecule has 4 N–H and O–H groups in total. The highest BCUT2D eigenvalue weighted by Gasteiger charge is 2.04. The summed E-state index contributed by atoms with van der Waals surface area (Å²) in [6.07, 6.45) is 2.35. The summed E-state index contributed by atoms with van der Waals surface area (Å²) >= 11 is 0. The van der Waals surface area contributed by atoms with Gasteiger partial charge in [-0.25, -0.2) is 4.79 Å². The van der Waals surface area contributed by atoms with E-state index in [0.29, 0.717) is 25.8 Å². The van der Waals surface area contributed by atoms with Crippen LogP contribution in [-0.4, -0.2) is 33.5 Å². The molecule has 0 fully saturated rings. The predicted octanol–water partition coefficient (Wildman–Crippen LogP) is 1.16. The number of hydrogen-bond acceptors (Lipinski definition) is 3. The topological polar surface area (TPSA) is 115 Å². The van der Waals surface area contributed by atoms with Crippen molar-refractivity contribution in [1.29, 1.82) is 0 Å². The minimum Gasteiger partial charge on any atom is -0.481 e. The van der Waals surface area contributed by atoms with Gasteiger partial charge in [-0.2, -0.15) is 0 Å². The highest BCUT2D eigenvalue weighted by atomic mass is 16.4. The fourth-order valence-corrected chi connectivity index (χ4v) is 2.24. The molecule has 0 bridgehead atoms. The molecule has 0 saturated heterocycles. The number of carboxylic acid groups (broad SMARTS) is 1. The number of hydrogen-bond donors (Lipinski definition) is 4. The Bertz CT molecular complexity index is 717. The van der Waals surface area contributed by atoms with Gasteiger partial charge in [-0.05, 0) is 37.0 Å². The first kappa shape index (κ1) is 15.8. The fraction of sp³-hybridized carbons (Fsp3) is 0.400. The van der Waals surface area contributed by atoms with Gasteiger partial charge in [0.25, 0.3) is 0 Å². The minimum atomic E-state index is -0.854. The highest BCUT2D eigenvalue weighted by Crippen LogP contribution is 2.12. The van der Waals surface area contributed by atoms with E-state index in [9.17, 15) is 14.4 Å². The predicted molar refractivity (Wildman–Crippen MR) is 81.7 cm³/mol. The number of aryl methyl sites for hydroxylation is 1. The third kappa shape index (κ3) is 4.76. The van der Waals surface area contributed by atoms with Crippen molar-refractivity contribution in [3.8, 4) is 0 Å². The zero-order valence-electron chi connectivity index (χ0n) is 12.1. The molecule has 0 aliphatic heterocycles. The third-order valence-electron chi connectivity index (χ3n) is 3.34. The second-order valence-corrected chi connectivity index (χ2v) is 5.16. The molecule has 0 radical (unpaired) electrons. The first-order valence-corrected chi connectivity index (χ1v) is 7.24. The Morgan fingerprint density at radius 2 is 1.86 bits per heavy atom. The van der Waals surface area contributed by atoms with E-state index >= 15 is 0 Å². The number of rotatable bonds is 8. The monoisotopic (exact) mass is 305 g/mol. The van der Waals surface area contributed by atoms with Gasteiger partial charge in [0.1, 0.15) is 0 Å². The summed E-state index contributed by atoms with van der Waals surface area (Å²) in [5.41, 5.74) is 2.36. The van der Waals surface area contributed by atoms with Gasteiger partial charge in [0, 0.05) is 19.4 Å². The SMILES string of the molecule is O=C(O)CCCNC(=O)CCCc1ccc2[nH]c(=O)[nH]c2c1. The number of amides is 1. The molecule has 7 nitrogen and oxygen atoms in total. The van der Waals surface area contributed by atoms with E-state index in [0.717, 1.165) is 23.0 Å². The molecular weight excluding hydrogens is 286 g/mol. The molecule has 1 aromatic heterocycles. The van der Waals surface area contributed by atoms with Crippen molar-refractivity contribution in [3.63, 3.8) is 0 Å². The summed E-state index contributed by atoms with van der Waals surface area (Å²) < 4.78 is 0. The van der Waals surface area contributed by atoms with Crippen LogP contribution in [-0.2, 0) is 16.0 Å². The summed E-state index contributed by atoms with van der Waals surface area (Å²) in [5, 5.41) is 11.2. The van der Waals surface area contributed by atoms with E-state index in [4.69, 9.17) is 5.11 Å². The maximum atomic E-state index is 11.6. The zero-order valence-corrected chi connectivity index (χ0v) is 12.1. The van der Waals surface area contributed by atoms with Crippen LogP contribution in [0.25, 0.3) is 11.0 Å². The maximum Gasteiger partial charge on any atom is 0.323 e. The zero-order chi connectivity index (χ0) is 15.9. The Morgan fingerprint density at radius 3 is 2.64 bits per heavy atom. The molecule has 0 aliphatic rings. The van der Waals surface area contributed by atoms with Crippen molar-refractivity contribution in [2.24, 2.45) is 0 Å². The number of aliphatic carboxylic acids is 1. The van der Waals surface area contributed by atoms with Crippen molar-refractivity contribution in [2.45, 2.75) is 32.1 Å². The van der Waals surface area contributed by atoms with Gasteiger partial charge in [0.05, 0.1) is 11.0 Å². The normalized spacial score (nSPS) is 10.7. The van der Waals surface area contributed by atoms with Gasteiger partial charge in [-0.15, -0.1) is 0 Å². The molecule has 0 spiro atoms. The molecule has 0 atom stereocenters. The van der Waals surface area contributed by atoms with Gasteiger partial charge in [-0.3, -0.25) is 9.59 Å². The summed E-state index contributed by atoms with van der Waals surface area (Å²) in [5.74, 6) is -0.922. The molecule has 118 valence electrons. The Balaban J connectivity index is 1.71. The van der Waals surface area contributed by atoms with Crippen molar-refractivity contribution < 1.29 is 14.7 Å². The number of aromatic amines is 2. The van der Waals surface area contributed by atoms with Crippen LogP contribution < -0.4 is 11.0 Å². The van der Waals surface area contributed by atoms with Gasteiger partial charge in [-0.1, -0.05) is 6.07 Å². The van der Waals surface area contributed by atoms with Crippen molar-refractivity contribution >= 4 is 22.9 Å². The molecule has 2 aromatic rings. The van der Waals surface area contributed by atoms with E-state index in [2.05, 4.69) is 15.3 Å². The lowest BCUT2D eigenvalue weighted by Crippen LogP contribution is -2.24. The standard InChI is InChI=1S/C15H19N3O4/c19-13(16-8-2-5-14(20)21)4-1-3-10-6-7-11-12(9-10)18-15(22)17-11/h6-7,9H,1-5,8H2,(H,16,19)(H,20,21)(H2,17,18,22). The Labute approximate surface area is 126 Å². The third-order valence-corrected chi connectivity index (χ3v) is 3.34. The largest absolute Gasteiger partial charge is 0.481 e. The van der Waals surface area contributed by atoms with Gasteiger partial charge in [0.15, 0.2) is 0 Å². The molecule has 0 unspecified atom stereocenters. The number of imidazole rings is 1. The number of aromatic nitrogens is 2. The number of benzene rings is 1. The van der Waals surface area contributed by atoms with Crippen LogP contribution in [0.15, 0.2) is 23.0 Å². The van der Waals surface area contributed by atoms with Crippen LogP contribution in [0.4, 0.5) is 0 Å². The van der Waals surface area contributed by atoms with Gasteiger partial charge in [0.2, 0.25) is 5.91 Å². The van der Waals surface area contributed by atoms with E-state index < -0.39 is 5.97 Å². The van der Waals surface area contributed by atoms with Crippen LogP contribution in [0.5, 0.6) is 0 Å². The van der Waals surface area contributed by atoms with Crippen LogP contribution in [0.2, 0.25) is 0 Å². The van der Waals surface area contributed by atoms with Crippen molar-refractivity contribution in [1.82, 2.24) is 15.3 Å². The highest BCUT2D eigenvalue weighted by molar-refractivity contribution is 5.76. The molecule has 0 aliphatic carbocycles. The van der Waals surface area contributed by atoms with Gasteiger partial charge >= 0.3 is 11.7 Å². The maximum absolute atomic E-state index is 11.6. The van der Waals surface area contributed by atoms with E-state index in [1.54, 1.807) is 0 Å². The summed E-state index contributed by atoms with van der Waals surface area (Å²) in [7, 11) is 0. The molecule has 0 saturated carbocycles. The number of carbonyl (C=O) groups is 2. The van der Waals surface area contributed by atoms with Crippen LogP contribution in [0.1, 0.15) is 31.2 Å². The molecule has 22 heavy (non-hydrogen) atoms. The quantitative estimate of drug-likeness (QED) is 0.548. The van der Waals surface area contributed by atoms with Crippen molar-refractivity contribution in [2.75, 3.05) is 6.54 Å². The average Bonchev–Trinajstić information content (AvgIpc) is 2.83. The van der Waals surface area contributed by atoms with Crippen LogP contribution in [0, 0.1) is 0 Å². The first-order chi connectivity index (χ1) is 10.5. The molecule has 1 amide bonds. The van der Waals surface area contributed by atoms with Crippen LogP contribution >= 0.6 is 0 Å². The number of fused-ring (bicyclic) bond motifs is 1. The van der Waals surface area contributed by atoms with E-state index in [1.807, 2.05) is 18.2 Å². The average molecular weight is 305 g/mol. The summed E-state index contributed by atoms with van der Waals surface area (Å²) in [6.45, 7) is 0.391. The Morgan fingerprint density at radius 1 is 1.09 bits per heavy atom. The molecule has 2 rings (SSSR count). The lowest BCUT2D eigenvalue weighted by atomic mass is 10.1. The molecular formula is C15H19N3O4. The lowest BCUT2D eigenvalue weighted by Gasteiger charge is -2.04. The van der Waals surface area contributed by atoms with Crippen molar-refractivity contribution in [3.05, 3.63) is 34.2 Å². The number of H-pyrrole nitrogens is 2. The number of carboxylic acids is 1. The number of carbonyl (C=O) groups excluding carboxylic acids is 1. The van der Waals surface area contributed by atoms with E-state index in [1.165, 1.54) is 0 Å². The second-order valence-electron chi connectivity index (χ2n) is 5.16. The summed E-state index contributed by atoms with van der Waals surface area (Å²) in [4.78, 5) is 38.5. The smallest absolute Gasteiger partial charge is 0.323 e. The molecule has 1 heterocycles. The second kappa shape index (κ2) is 7.44. The Hall–Kier alpha value is -2.57.